The van der Waals surface area contributed by atoms with Crippen molar-refractivity contribution >= 4 is 22.7 Å². The number of anilines is 1. The number of carbonyl (C=O) groups is 1. The number of hydrogen-bond donors (Lipinski definition) is 0. The Bertz CT molecular complexity index is 1260. The lowest BCUT2D eigenvalue weighted by Gasteiger charge is -2.35. The molecular formula is C20H17N7O3. The highest BCUT2D eigenvalue weighted by atomic mass is 16.4. The summed E-state index contributed by atoms with van der Waals surface area (Å²) in [7, 11) is 0. The van der Waals surface area contributed by atoms with Gasteiger partial charge in [-0.15, -0.1) is 0 Å². The van der Waals surface area contributed by atoms with Gasteiger partial charge in [-0.1, -0.05) is 18.2 Å². The molecule has 0 atom stereocenters. The van der Waals surface area contributed by atoms with Gasteiger partial charge in [-0.3, -0.25) is 4.79 Å². The maximum atomic E-state index is 12.9. The summed E-state index contributed by atoms with van der Waals surface area (Å²) in [5, 5.41) is 4.80. The van der Waals surface area contributed by atoms with Crippen molar-refractivity contribution in [2.24, 2.45) is 0 Å². The van der Waals surface area contributed by atoms with Crippen LogP contribution in [0.15, 0.2) is 64.6 Å². The zero-order valence-corrected chi connectivity index (χ0v) is 15.9. The number of amides is 1. The standard InChI is InChI=1S/C20H17N7O3/c28-19(15-9-14-3-1-2-4-16(14)30-20(15)29)26-7-5-25(6-8-26)17-10-18(23-12-22-17)27-13-21-11-24-27/h1-4,9-13H,5-8H2. The van der Waals surface area contributed by atoms with Crippen LogP contribution in [0.2, 0.25) is 0 Å². The molecule has 1 aliphatic heterocycles. The van der Waals surface area contributed by atoms with E-state index in [0.717, 1.165) is 11.2 Å². The van der Waals surface area contributed by atoms with Crippen LogP contribution in [0, 0.1) is 0 Å². The van der Waals surface area contributed by atoms with Crippen LogP contribution in [-0.4, -0.2) is 61.7 Å². The second-order valence-corrected chi connectivity index (χ2v) is 6.84. The minimum absolute atomic E-state index is 0.0534. The van der Waals surface area contributed by atoms with E-state index in [1.54, 1.807) is 34.1 Å². The van der Waals surface area contributed by atoms with Crippen molar-refractivity contribution in [2.75, 3.05) is 31.1 Å². The first-order valence-electron chi connectivity index (χ1n) is 9.43. The summed E-state index contributed by atoms with van der Waals surface area (Å²) in [5.74, 6) is 1.04. The molecule has 10 heteroatoms. The van der Waals surface area contributed by atoms with Gasteiger partial charge in [0, 0.05) is 37.6 Å². The summed E-state index contributed by atoms with van der Waals surface area (Å²) in [6, 6.07) is 10.6. The van der Waals surface area contributed by atoms with Crippen molar-refractivity contribution in [3.05, 3.63) is 71.4 Å². The summed E-state index contributed by atoms with van der Waals surface area (Å²) < 4.78 is 6.86. The highest BCUT2D eigenvalue weighted by molar-refractivity contribution is 5.96. The van der Waals surface area contributed by atoms with Gasteiger partial charge in [-0.25, -0.2) is 24.4 Å². The van der Waals surface area contributed by atoms with E-state index < -0.39 is 5.63 Å². The molecule has 30 heavy (non-hydrogen) atoms. The molecule has 5 rings (SSSR count). The van der Waals surface area contributed by atoms with Crippen molar-refractivity contribution in [3.63, 3.8) is 0 Å². The van der Waals surface area contributed by atoms with E-state index in [4.69, 9.17) is 4.42 Å². The fraction of sp³-hybridized carbons (Fsp3) is 0.200. The van der Waals surface area contributed by atoms with Crippen molar-refractivity contribution in [1.82, 2.24) is 29.6 Å². The first-order chi connectivity index (χ1) is 14.7. The van der Waals surface area contributed by atoms with E-state index in [9.17, 15) is 9.59 Å². The van der Waals surface area contributed by atoms with Gasteiger partial charge in [0.25, 0.3) is 5.91 Å². The maximum absolute atomic E-state index is 12.9. The molecule has 1 amide bonds. The average Bonchev–Trinajstić information content (AvgIpc) is 3.33. The molecule has 10 nitrogen and oxygen atoms in total. The minimum Gasteiger partial charge on any atom is -0.422 e. The van der Waals surface area contributed by atoms with Crippen LogP contribution in [0.3, 0.4) is 0 Å². The van der Waals surface area contributed by atoms with Gasteiger partial charge in [-0.2, -0.15) is 5.10 Å². The molecule has 1 aliphatic rings. The topological polar surface area (TPSA) is 110 Å². The summed E-state index contributed by atoms with van der Waals surface area (Å²) in [5.41, 5.74) is -0.0946. The minimum atomic E-state index is -0.616. The zero-order chi connectivity index (χ0) is 20.5. The maximum Gasteiger partial charge on any atom is 0.349 e. The van der Waals surface area contributed by atoms with Gasteiger partial charge >= 0.3 is 5.63 Å². The predicted octanol–water partition coefficient (Wildman–Crippen LogP) is 1.13. The highest BCUT2D eigenvalue weighted by Gasteiger charge is 2.25. The zero-order valence-electron chi connectivity index (χ0n) is 15.9. The van der Waals surface area contributed by atoms with Crippen LogP contribution in [0.5, 0.6) is 0 Å². The third-order valence-corrected chi connectivity index (χ3v) is 5.05. The summed E-state index contributed by atoms with van der Waals surface area (Å²) in [6.45, 7) is 2.10. The quantitative estimate of drug-likeness (QED) is 0.468. The Balaban J connectivity index is 1.32. The van der Waals surface area contributed by atoms with Gasteiger partial charge in [-0.05, 0) is 12.1 Å². The Morgan fingerprint density at radius 1 is 0.967 bits per heavy atom. The first kappa shape index (κ1) is 18.0. The number of para-hydroxylation sites is 1. The molecule has 1 saturated heterocycles. The summed E-state index contributed by atoms with van der Waals surface area (Å²) >= 11 is 0. The largest absolute Gasteiger partial charge is 0.422 e. The molecule has 1 fully saturated rings. The Morgan fingerprint density at radius 2 is 1.77 bits per heavy atom. The third kappa shape index (κ3) is 3.28. The number of nitrogens with zero attached hydrogens (tertiary/aromatic N) is 7. The molecule has 0 unspecified atom stereocenters. The smallest absolute Gasteiger partial charge is 0.349 e. The summed E-state index contributed by atoms with van der Waals surface area (Å²) in [6.07, 6.45) is 4.48. The van der Waals surface area contributed by atoms with Gasteiger partial charge in [0.15, 0.2) is 5.82 Å². The highest BCUT2D eigenvalue weighted by Crippen LogP contribution is 2.18. The summed E-state index contributed by atoms with van der Waals surface area (Å²) in [4.78, 5) is 41.4. The van der Waals surface area contributed by atoms with E-state index in [0.29, 0.717) is 37.6 Å². The number of fused-ring (bicyclic) bond motifs is 1. The van der Waals surface area contributed by atoms with Crippen LogP contribution in [0.1, 0.15) is 10.4 Å². The van der Waals surface area contributed by atoms with Gasteiger partial charge < -0.3 is 14.2 Å². The molecular weight excluding hydrogens is 386 g/mol. The van der Waals surface area contributed by atoms with Crippen molar-refractivity contribution in [1.29, 1.82) is 0 Å². The van der Waals surface area contributed by atoms with Crippen LogP contribution in [0.25, 0.3) is 16.8 Å². The number of rotatable bonds is 3. The molecule has 0 bridgehead atoms. The third-order valence-electron chi connectivity index (χ3n) is 5.05. The van der Waals surface area contributed by atoms with Crippen LogP contribution < -0.4 is 10.5 Å². The van der Waals surface area contributed by atoms with E-state index in [-0.39, 0.29) is 11.5 Å². The molecule has 1 aromatic carbocycles. The number of piperazine rings is 1. The molecule has 0 saturated carbocycles. The number of hydrogen-bond acceptors (Lipinski definition) is 8. The monoisotopic (exact) mass is 403 g/mol. The van der Waals surface area contributed by atoms with Gasteiger partial charge in [0.05, 0.1) is 0 Å². The van der Waals surface area contributed by atoms with E-state index in [1.807, 2.05) is 18.2 Å². The van der Waals surface area contributed by atoms with E-state index >= 15 is 0 Å². The first-order valence-corrected chi connectivity index (χ1v) is 9.43. The number of carbonyl (C=O) groups excluding carboxylic acids is 1. The lowest BCUT2D eigenvalue weighted by molar-refractivity contribution is 0.0742. The van der Waals surface area contributed by atoms with Crippen molar-refractivity contribution in [2.45, 2.75) is 0 Å². The fourth-order valence-corrected chi connectivity index (χ4v) is 3.48. The fourth-order valence-electron chi connectivity index (χ4n) is 3.48. The number of aromatic nitrogens is 5. The van der Waals surface area contributed by atoms with Crippen LogP contribution in [0.4, 0.5) is 5.82 Å². The Morgan fingerprint density at radius 3 is 2.57 bits per heavy atom. The Kier molecular flexibility index (Phi) is 4.43. The molecule has 150 valence electrons. The molecule has 0 N–H and O–H groups in total. The second kappa shape index (κ2) is 7.39. The van der Waals surface area contributed by atoms with Gasteiger partial charge in [0.2, 0.25) is 0 Å². The Hall–Kier alpha value is -4.08. The lowest BCUT2D eigenvalue weighted by Crippen LogP contribution is -2.49. The molecule has 0 spiro atoms. The van der Waals surface area contributed by atoms with Gasteiger partial charge in [0.1, 0.15) is 35.9 Å². The Labute approximate surface area is 170 Å². The molecule has 3 aromatic heterocycles. The number of benzene rings is 1. The average molecular weight is 403 g/mol. The second-order valence-electron chi connectivity index (χ2n) is 6.84. The van der Waals surface area contributed by atoms with E-state index in [2.05, 4.69) is 25.0 Å². The molecule has 0 aliphatic carbocycles. The SMILES string of the molecule is O=C(c1cc2ccccc2oc1=O)N1CCN(c2cc(-n3cncn3)ncn2)CC1. The molecule has 0 radical (unpaired) electrons. The van der Waals surface area contributed by atoms with Crippen molar-refractivity contribution < 1.29 is 9.21 Å². The lowest BCUT2D eigenvalue weighted by atomic mass is 10.1. The van der Waals surface area contributed by atoms with Crippen LogP contribution >= 0.6 is 0 Å². The van der Waals surface area contributed by atoms with E-state index in [1.165, 1.54) is 12.7 Å². The normalized spacial score (nSPS) is 14.3. The predicted molar refractivity (Wildman–Crippen MR) is 108 cm³/mol. The van der Waals surface area contributed by atoms with Crippen LogP contribution in [-0.2, 0) is 0 Å². The van der Waals surface area contributed by atoms with Crippen molar-refractivity contribution in [3.8, 4) is 5.82 Å². The molecule has 4 heterocycles. The molecule has 4 aromatic rings.